The largest absolute Gasteiger partial charge is 0.418 e. The van der Waals surface area contributed by atoms with Gasteiger partial charge in [0.15, 0.2) is 0 Å². The summed E-state index contributed by atoms with van der Waals surface area (Å²) in [6.07, 6.45) is 1.78. The second-order valence-electron chi connectivity index (χ2n) is 10.2. The zero-order chi connectivity index (χ0) is 29.7. The van der Waals surface area contributed by atoms with Gasteiger partial charge in [-0.3, -0.25) is 24.0 Å². The molecule has 41 heavy (non-hydrogen) atoms. The highest BCUT2D eigenvalue weighted by Crippen LogP contribution is 2.20. The molecule has 1 aliphatic heterocycles. The fraction of sp³-hybridized carbons (Fsp3) is 0.300. The first kappa shape index (κ1) is 29.1. The second kappa shape index (κ2) is 12.5. The van der Waals surface area contributed by atoms with E-state index in [2.05, 4.69) is 15.5 Å². The number of hydrogen-bond donors (Lipinski definition) is 1. The first-order valence-corrected chi connectivity index (χ1v) is 13.1. The fourth-order valence-corrected chi connectivity index (χ4v) is 4.49. The zero-order valence-corrected chi connectivity index (χ0v) is 23.3. The second-order valence-corrected chi connectivity index (χ2v) is 10.2. The number of rotatable bonds is 9. The number of carbonyl (C=O) groups is 5. The van der Waals surface area contributed by atoms with E-state index in [1.165, 1.54) is 13.0 Å². The SMILES string of the molecule is CC(=O)N1C(=O)CN(CC(=O)N[C@H](C(=O)c2nnc(Cc3cccc(C)c3)o2)C(C)C)C(=O)/C1=C\c1ccccc1. The van der Waals surface area contributed by atoms with Crippen molar-refractivity contribution in [2.75, 3.05) is 13.1 Å². The molecule has 0 bridgehead atoms. The lowest BCUT2D eigenvalue weighted by molar-refractivity contribution is -0.152. The van der Waals surface area contributed by atoms with Crippen LogP contribution in [0.5, 0.6) is 0 Å². The Morgan fingerprint density at radius 3 is 2.44 bits per heavy atom. The molecule has 4 rings (SSSR count). The molecule has 0 aliphatic carbocycles. The first-order chi connectivity index (χ1) is 19.5. The van der Waals surface area contributed by atoms with Gasteiger partial charge >= 0.3 is 0 Å². The van der Waals surface area contributed by atoms with Crippen molar-refractivity contribution in [1.82, 2.24) is 25.3 Å². The molecule has 0 saturated carbocycles. The number of imide groups is 1. The van der Waals surface area contributed by atoms with Gasteiger partial charge in [0, 0.05) is 6.92 Å². The standard InChI is InChI=1S/C30H31N5O6/c1-18(2)27(28(39)29-33-32-25(41-29)15-22-12-8-9-19(3)13-22)31-24(37)16-34-17-26(38)35(20(4)36)23(30(34)40)14-21-10-6-5-7-11-21/h5-14,18,27H,15-17H2,1-4H3,(H,31,37)/b23-14+/t27-/m0/s1. The maximum Gasteiger partial charge on any atom is 0.286 e. The van der Waals surface area contributed by atoms with Crippen molar-refractivity contribution in [2.24, 2.45) is 5.92 Å². The minimum Gasteiger partial charge on any atom is -0.418 e. The average molecular weight is 558 g/mol. The van der Waals surface area contributed by atoms with Crippen molar-refractivity contribution in [1.29, 1.82) is 0 Å². The van der Waals surface area contributed by atoms with Gasteiger partial charge < -0.3 is 14.6 Å². The molecule has 4 amide bonds. The molecule has 1 fully saturated rings. The van der Waals surface area contributed by atoms with Crippen LogP contribution in [0.15, 0.2) is 64.7 Å². The normalized spacial score (nSPS) is 15.4. The zero-order valence-electron chi connectivity index (χ0n) is 23.3. The number of Topliss-reactive ketones (excluding diaryl/α,β-unsaturated/α-hetero) is 1. The summed E-state index contributed by atoms with van der Waals surface area (Å²) in [5.41, 5.74) is 2.47. The number of nitrogens with zero attached hydrogens (tertiary/aromatic N) is 4. The summed E-state index contributed by atoms with van der Waals surface area (Å²) < 4.78 is 5.61. The van der Waals surface area contributed by atoms with Crippen LogP contribution < -0.4 is 5.32 Å². The molecule has 212 valence electrons. The van der Waals surface area contributed by atoms with Crippen LogP contribution in [0.25, 0.3) is 6.08 Å². The Kier molecular flexibility index (Phi) is 8.86. The Labute approximate surface area is 237 Å². The first-order valence-electron chi connectivity index (χ1n) is 13.1. The minimum atomic E-state index is -1.02. The number of ketones is 1. The third-order valence-corrected chi connectivity index (χ3v) is 6.46. The Morgan fingerprint density at radius 1 is 1.05 bits per heavy atom. The van der Waals surface area contributed by atoms with E-state index in [9.17, 15) is 24.0 Å². The van der Waals surface area contributed by atoms with Crippen LogP contribution in [0.3, 0.4) is 0 Å². The molecule has 2 heterocycles. The van der Waals surface area contributed by atoms with Crippen LogP contribution in [-0.4, -0.2) is 68.5 Å². The number of amides is 4. The van der Waals surface area contributed by atoms with Crippen molar-refractivity contribution in [2.45, 2.75) is 40.2 Å². The van der Waals surface area contributed by atoms with E-state index in [0.717, 1.165) is 20.9 Å². The summed E-state index contributed by atoms with van der Waals surface area (Å²) in [5.74, 6) is -3.46. The Morgan fingerprint density at radius 2 is 1.78 bits per heavy atom. The predicted molar refractivity (Wildman–Crippen MR) is 148 cm³/mol. The number of aromatic nitrogens is 2. The lowest BCUT2D eigenvalue weighted by Crippen LogP contribution is -2.56. The molecular formula is C30H31N5O6. The number of piperazine rings is 1. The van der Waals surface area contributed by atoms with E-state index in [0.29, 0.717) is 12.0 Å². The van der Waals surface area contributed by atoms with Gasteiger partial charge in [-0.2, -0.15) is 0 Å². The molecule has 1 atom stereocenters. The van der Waals surface area contributed by atoms with Gasteiger partial charge in [0.2, 0.25) is 23.5 Å². The third kappa shape index (κ3) is 6.99. The lowest BCUT2D eigenvalue weighted by atomic mass is 9.99. The molecule has 2 aromatic carbocycles. The van der Waals surface area contributed by atoms with E-state index in [1.807, 2.05) is 31.2 Å². The molecule has 0 spiro atoms. The van der Waals surface area contributed by atoms with Gasteiger partial charge in [-0.25, -0.2) is 4.90 Å². The summed E-state index contributed by atoms with van der Waals surface area (Å²) in [5, 5.41) is 10.5. The number of hydrogen-bond acceptors (Lipinski definition) is 8. The maximum absolute atomic E-state index is 13.3. The smallest absolute Gasteiger partial charge is 0.286 e. The number of benzene rings is 2. The van der Waals surface area contributed by atoms with Crippen LogP contribution in [-0.2, 0) is 25.6 Å². The molecule has 11 heteroatoms. The molecule has 1 aliphatic rings. The highest BCUT2D eigenvalue weighted by molar-refractivity contribution is 6.13. The lowest BCUT2D eigenvalue weighted by Gasteiger charge is -2.34. The maximum atomic E-state index is 13.3. The molecule has 0 radical (unpaired) electrons. The van der Waals surface area contributed by atoms with E-state index < -0.39 is 48.5 Å². The summed E-state index contributed by atoms with van der Waals surface area (Å²) >= 11 is 0. The molecule has 3 aromatic rings. The van der Waals surface area contributed by atoms with Crippen LogP contribution in [0.4, 0.5) is 0 Å². The molecule has 1 saturated heterocycles. The molecular weight excluding hydrogens is 526 g/mol. The van der Waals surface area contributed by atoms with E-state index >= 15 is 0 Å². The quantitative estimate of drug-likeness (QED) is 0.312. The van der Waals surface area contributed by atoms with Crippen molar-refractivity contribution in [3.63, 3.8) is 0 Å². The highest BCUT2D eigenvalue weighted by atomic mass is 16.4. The van der Waals surface area contributed by atoms with Crippen LogP contribution in [0.1, 0.15) is 54.0 Å². The Bertz CT molecular complexity index is 1510. The average Bonchev–Trinajstić information content (AvgIpc) is 3.38. The van der Waals surface area contributed by atoms with Crippen molar-refractivity contribution < 1.29 is 28.4 Å². The summed E-state index contributed by atoms with van der Waals surface area (Å²) in [7, 11) is 0. The van der Waals surface area contributed by atoms with Crippen LogP contribution in [0, 0.1) is 12.8 Å². The van der Waals surface area contributed by atoms with E-state index in [1.54, 1.807) is 44.2 Å². The van der Waals surface area contributed by atoms with Crippen molar-refractivity contribution in [3.8, 4) is 0 Å². The number of nitrogens with one attached hydrogen (secondary N) is 1. The molecule has 0 unspecified atom stereocenters. The Balaban J connectivity index is 1.47. The summed E-state index contributed by atoms with van der Waals surface area (Å²) in [6, 6.07) is 15.5. The van der Waals surface area contributed by atoms with Crippen molar-refractivity contribution in [3.05, 3.63) is 88.8 Å². The van der Waals surface area contributed by atoms with Crippen molar-refractivity contribution >= 4 is 35.5 Å². The van der Waals surface area contributed by atoms with E-state index in [-0.39, 0.29) is 23.4 Å². The number of carbonyl (C=O) groups excluding carboxylic acids is 5. The predicted octanol–water partition coefficient (Wildman–Crippen LogP) is 2.55. The monoisotopic (exact) mass is 557 g/mol. The van der Waals surface area contributed by atoms with Crippen LogP contribution in [0.2, 0.25) is 0 Å². The fourth-order valence-electron chi connectivity index (χ4n) is 4.49. The molecule has 1 N–H and O–H groups in total. The van der Waals surface area contributed by atoms with Gasteiger partial charge in [0.25, 0.3) is 17.7 Å². The van der Waals surface area contributed by atoms with Crippen LogP contribution >= 0.6 is 0 Å². The van der Waals surface area contributed by atoms with Gasteiger partial charge in [-0.05, 0) is 30.0 Å². The summed E-state index contributed by atoms with van der Waals surface area (Å²) in [6.45, 7) is 5.68. The van der Waals surface area contributed by atoms with Gasteiger partial charge in [-0.1, -0.05) is 74.0 Å². The van der Waals surface area contributed by atoms with Gasteiger partial charge in [0.1, 0.15) is 18.8 Å². The summed E-state index contributed by atoms with van der Waals surface area (Å²) in [4.78, 5) is 66.4. The molecule has 11 nitrogen and oxygen atoms in total. The number of aryl methyl sites for hydroxylation is 1. The van der Waals surface area contributed by atoms with Gasteiger partial charge in [0.05, 0.1) is 12.5 Å². The minimum absolute atomic E-state index is 0.156. The van der Waals surface area contributed by atoms with E-state index in [4.69, 9.17) is 4.42 Å². The topological polar surface area (TPSA) is 143 Å². The highest BCUT2D eigenvalue weighted by Gasteiger charge is 2.38. The van der Waals surface area contributed by atoms with Gasteiger partial charge in [-0.15, -0.1) is 10.2 Å². The molecule has 1 aromatic heterocycles. The Hall–Kier alpha value is -4.93. The third-order valence-electron chi connectivity index (χ3n) is 6.46.